The Morgan fingerprint density at radius 1 is 1.31 bits per heavy atom. The predicted octanol–water partition coefficient (Wildman–Crippen LogP) is 2.22. The normalized spacial score (nSPS) is 17.0. The zero-order chi connectivity index (χ0) is 20.2. The number of carbonyl (C=O) groups is 1. The van der Waals surface area contributed by atoms with Crippen LogP contribution in [0.5, 0.6) is 0 Å². The molecule has 1 N–H and O–H groups in total. The molecule has 0 bridgehead atoms. The van der Waals surface area contributed by atoms with Crippen molar-refractivity contribution in [1.82, 2.24) is 24.5 Å². The van der Waals surface area contributed by atoms with E-state index in [1.54, 1.807) is 4.52 Å². The van der Waals surface area contributed by atoms with Gasteiger partial charge in [-0.3, -0.25) is 9.69 Å². The zero-order valence-corrected chi connectivity index (χ0v) is 16.8. The van der Waals surface area contributed by atoms with Crippen molar-refractivity contribution < 1.29 is 9.53 Å². The number of likely N-dealkylation sites (tertiary alicyclic amines) is 1. The van der Waals surface area contributed by atoms with Crippen molar-refractivity contribution in [3.63, 3.8) is 0 Å². The van der Waals surface area contributed by atoms with Crippen LogP contribution in [0, 0.1) is 6.92 Å². The molecule has 8 heteroatoms. The minimum Gasteiger partial charge on any atom is -0.466 e. The second-order valence-electron chi connectivity index (χ2n) is 7.33. The number of nitrogens with zero attached hydrogens (tertiary/aromatic N) is 5. The molecule has 1 fully saturated rings. The van der Waals surface area contributed by atoms with Gasteiger partial charge in [-0.1, -0.05) is 30.3 Å². The zero-order valence-electron chi connectivity index (χ0n) is 16.8. The van der Waals surface area contributed by atoms with E-state index in [0.717, 1.165) is 43.1 Å². The molecule has 0 amide bonds. The van der Waals surface area contributed by atoms with Crippen LogP contribution in [-0.2, 0) is 22.5 Å². The number of nitrogens with one attached hydrogen (secondary N) is 1. The smallest absolute Gasteiger partial charge is 0.310 e. The summed E-state index contributed by atoms with van der Waals surface area (Å²) in [7, 11) is 0. The summed E-state index contributed by atoms with van der Waals surface area (Å²) in [6.07, 6.45) is 2.66. The summed E-state index contributed by atoms with van der Waals surface area (Å²) in [6, 6.07) is 10.8. The molecule has 152 valence electrons. The molecular weight excluding hydrogens is 368 g/mol. The lowest BCUT2D eigenvalue weighted by Gasteiger charge is -2.20. The van der Waals surface area contributed by atoms with Crippen LogP contribution in [-0.4, -0.2) is 56.2 Å². The van der Waals surface area contributed by atoms with Gasteiger partial charge in [0.25, 0.3) is 5.78 Å². The third kappa shape index (κ3) is 4.37. The molecule has 0 saturated carbocycles. The molecule has 0 radical (unpaired) electrons. The Labute approximate surface area is 169 Å². The van der Waals surface area contributed by atoms with E-state index in [0.29, 0.717) is 12.4 Å². The first-order valence-corrected chi connectivity index (χ1v) is 10.0. The van der Waals surface area contributed by atoms with Crippen LogP contribution in [0.1, 0.15) is 30.2 Å². The number of carbonyl (C=O) groups excluding carboxylic acids is 1. The number of hydrogen-bond acceptors (Lipinski definition) is 7. The first-order chi connectivity index (χ1) is 14.1. The van der Waals surface area contributed by atoms with E-state index in [2.05, 4.69) is 49.5 Å². The highest BCUT2D eigenvalue weighted by atomic mass is 16.5. The molecule has 0 spiro atoms. The highest BCUT2D eigenvalue weighted by Gasteiger charge is 2.26. The van der Waals surface area contributed by atoms with Crippen LogP contribution in [0.25, 0.3) is 5.78 Å². The van der Waals surface area contributed by atoms with Crippen LogP contribution in [0.4, 0.5) is 5.82 Å². The van der Waals surface area contributed by atoms with E-state index < -0.39 is 0 Å². The standard InChI is InChI=1S/C21H26N6O2/c1-3-29-19(28)11-18-15(2)24-21-22-14-23-27(21)20(18)25-17-9-10-26(13-17)12-16-7-5-4-6-8-16/h4-8,14,17,25H,3,9-13H2,1-2H3. The average Bonchev–Trinajstić information content (AvgIpc) is 3.35. The molecule has 1 aromatic carbocycles. The van der Waals surface area contributed by atoms with E-state index in [1.165, 1.54) is 11.9 Å². The van der Waals surface area contributed by atoms with Gasteiger partial charge in [-0.2, -0.15) is 14.6 Å². The monoisotopic (exact) mass is 394 g/mol. The van der Waals surface area contributed by atoms with Gasteiger partial charge in [-0.25, -0.2) is 4.98 Å². The first-order valence-electron chi connectivity index (χ1n) is 10.0. The summed E-state index contributed by atoms with van der Waals surface area (Å²) in [5, 5.41) is 7.93. The number of hydrogen-bond donors (Lipinski definition) is 1. The summed E-state index contributed by atoms with van der Waals surface area (Å²) in [5.74, 6) is 1.04. The number of benzene rings is 1. The average molecular weight is 394 g/mol. The van der Waals surface area contributed by atoms with Crippen molar-refractivity contribution in [1.29, 1.82) is 0 Å². The molecule has 0 aliphatic carbocycles. The highest BCUT2D eigenvalue weighted by molar-refractivity contribution is 5.75. The summed E-state index contributed by atoms with van der Waals surface area (Å²) in [5.41, 5.74) is 2.89. The topological polar surface area (TPSA) is 84.6 Å². The molecule has 1 atom stereocenters. The number of rotatable bonds is 7. The number of fused-ring (bicyclic) bond motifs is 1. The molecule has 4 rings (SSSR count). The molecule has 1 aliphatic rings. The highest BCUT2D eigenvalue weighted by Crippen LogP contribution is 2.24. The minimum atomic E-state index is -0.267. The van der Waals surface area contributed by atoms with E-state index in [4.69, 9.17) is 4.74 Å². The molecule has 8 nitrogen and oxygen atoms in total. The quantitative estimate of drug-likeness (QED) is 0.615. The summed E-state index contributed by atoms with van der Waals surface area (Å²) < 4.78 is 6.84. The van der Waals surface area contributed by atoms with Gasteiger partial charge in [0, 0.05) is 36.9 Å². The van der Waals surface area contributed by atoms with Gasteiger partial charge in [0.15, 0.2) is 0 Å². The number of ether oxygens (including phenoxy) is 1. The fraction of sp³-hybridized carbons (Fsp3) is 0.429. The maximum absolute atomic E-state index is 12.2. The molecule has 1 aliphatic heterocycles. The Morgan fingerprint density at radius 3 is 2.93 bits per heavy atom. The predicted molar refractivity (Wildman–Crippen MR) is 110 cm³/mol. The summed E-state index contributed by atoms with van der Waals surface area (Å²) in [6.45, 7) is 6.93. The Hall–Kier alpha value is -3.00. The van der Waals surface area contributed by atoms with Crippen molar-refractivity contribution in [3.8, 4) is 0 Å². The van der Waals surface area contributed by atoms with Crippen LogP contribution < -0.4 is 5.32 Å². The molecule has 29 heavy (non-hydrogen) atoms. The van der Waals surface area contributed by atoms with Gasteiger partial charge in [-0.05, 0) is 25.8 Å². The second kappa shape index (κ2) is 8.57. The van der Waals surface area contributed by atoms with Gasteiger partial charge < -0.3 is 10.1 Å². The van der Waals surface area contributed by atoms with E-state index >= 15 is 0 Å². The Morgan fingerprint density at radius 2 is 2.14 bits per heavy atom. The minimum absolute atomic E-state index is 0.158. The van der Waals surface area contributed by atoms with Gasteiger partial charge in [0.2, 0.25) is 0 Å². The van der Waals surface area contributed by atoms with Crippen molar-refractivity contribution in [2.45, 2.75) is 39.3 Å². The number of aryl methyl sites for hydroxylation is 1. The third-order valence-corrected chi connectivity index (χ3v) is 5.22. The van der Waals surface area contributed by atoms with E-state index in [1.807, 2.05) is 19.9 Å². The lowest BCUT2D eigenvalue weighted by Crippen LogP contribution is -2.28. The molecular formula is C21H26N6O2. The van der Waals surface area contributed by atoms with Crippen LogP contribution in [0.15, 0.2) is 36.7 Å². The second-order valence-corrected chi connectivity index (χ2v) is 7.33. The van der Waals surface area contributed by atoms with Crippen LogP contribution in [0.3, 0.4) is 0 Å². The lowest BCUT2D eigenvalue weighted by molar-refractivity contribution is -0.142. The third-order valence-electron chi connectivity index (χ3n) is 5.22. The molecule has 3 aromatic rings. The molecule has 1 unspecified atom stereocenters. The van der Waals surface area contributed by atoms with Gasteiger partial charge in [0.1, 0.15) is 12.1 Å². The van der Waals surface area contributed by atoms with Gasteiger partial charge >= 0.3 is 5.97 Å². The Balaban J connectivity index is 1.54. The molecule has 3 heterocycles. The Kier molecular flexibility index (Phi) is 5.71. The number of esters is 1. The summed E-state index contributed by atoms with van der Waals surface area (Å²) >= 11 is 0. The molecule has 1 saturated heterocycles. The van der Waals surface area contributed by atoms with Crippen LogP contribution >= 0.6 is 0 Å². The van der Waals surface area contributed by atoms with E-state index in [-0.39, 0.29) is 18.4 Å². The molecule has 2 aromatic heterocycles. The Bertz CT molecular complexity index is 988. The van der Waals surface area contributed by atoms with Crippen LogP contribution in [0.2, 0.25) is 0 Å². The van der Waals surface area contributed by atoms with Crippen molar-refractivity contribution in [2.75, 3.05) is 25.0 Å². The largest absolute Gasteiger partial charge is 0.466 e. The van der Waals surface area contributed by atoms with E-state index in [9.17, 15) is 4.79 Å². The summed E-state index contributed by atoms with van der Waals surface area (Å²) in [4.78, 5) is 23.3. The van der Waals surface area contributed by atoms with Gasteiger partial charge in [0.05, 0.1) is 13.0 Å². The maximum atomic E-state index is 12.2. The maximum Gasteiger partial charge on any atom is 0.310 e. The fourth-order valence-electron chi connectivity index (χ4n) is 3.83. The van der Waals surface area contributed by atoms with Crippen molar-refractivity contribution in [3.05, 3.63) is 53.5 Å². The van der Waals surface area contributed by atoms with Gasteiger partial charge in [-0.15, -0.1) is 0 Å². The SMILES string of the molecule is CCOC(=O)Cc1c(C)nc2ncnn2c1NC1CCN(Cc2ccccc2)C1. The first kappa shape index (κ1) is 19.3. The fourth-order valence-corrected chi connectivity index (χ4v) is 3.83. The van der Waals surface area contributed by atoms with Crippen molar-refractivity contribution in [2.24, 2.45) is 0 Å². The number of anilines is 1. The lowest BCUT2D eigenvalue weighted by atomic mass is 10.1. The number of aromatic nitrogens is 4. The van der Waals surface area contributed by atoms with Crippen molar-refractivity contribution >= 4 is 17.6 Å².